The second-order valence-electron chi connectivity index (χ2n) is 6.71. The van der Waals surface area contributed by atoms with Crippen LogP contribution in [-0.2, 0) is 0 Å². The Morgan fingerprint density at radius 1 is 1.37 bits per heavy atom. The highest BCUT2D eigenvalue weighted by molar-refractivity contribution is 6.34. The standard InChI is InChI=1S/C21H22Cl2N4O3/c1-3-29-17-6-4-14(5-7-17)19-18(12(2)30-27-19)20(28)26-21(24)25-11-13-8-15(22)10-16(23)9-13/h4-8,10,13H,3,9,11H2,1-2H3,(H3,24,25,26,28). The number of aryl methyl sites for hydroxylation is 1. The van der Waals surface area contributed by atoms with Crippen LogP contribution in [0.5, 0.6) is 5.75 Å². The smallest absolute Gasteiger partial charge is 0.263 e. The maximum Gasteiger partial charge on any atom is 0.263 e. The van der Waals surface area contributed by atoms with Gasteiger partial charge in [-0.25, -0.2) is 0 Å². The van der Waals surface area contributed by atoms with Crippen molar-refractivity contribution in [2.75, 3.05) is 13.2 Å². The minimum Gasteiger partial charge on any atom is -0.494 e. The van der Waals surface area contributed by atoms with E-state index < -0.39 is 5.91 Å². The minimum absolute atomic E-state index is 0.00607. The molecule has 0 aliphatic heterocycles. The summed E-state index contributed by atoms with van der Waals surface area (Å²) >= 11 is 12.1. The van der Waals surface area contributed by atoms with Gasteiger partial charge < -0.3 is 15.0 Å². The molecule has 1 atom stereocenters. The minimum atomic E-state index is -0.450. The molecule has 1 aliphatic carbocycles. The number of nitrogens with two attached hydrogens (primary N) is 1. The molecule has 0 spiro atoms. The molecule has 1 aromatic carbocycles. The lowest BCUT2D eigenvalue weighted by molar-refractivity contribution is 0.0975. The molecule has 2 aromatic rings. The largest absolute Gasteiger partial charge is 0.494 e. The number of benzene rings is 1. The van der Waals surface area contributed by atoms with Crippen molar-refractivity contribution in [1.82, 2.24) is 10.5 Å². The topological polar surface area (TPSA) is 103 Å². The fraction of sp³-hybridized carbons (Fsp3) is 0.286. The van der Waals surface area contributed by atoms with Crippen LogP contribution in [0.25, 0.3) is 11.3 Å². The first-order valence-corrected chi connectivity index (χ1v) is 10.2. The summed E-state index contributed by atoms with van der Waals surface area (Å²) in [7, 11) is 0. The molecule has 0 saturated carbocycles. The lowest BCUT2D eigenvalue weighted by atomic mass is 10.0. The predicted octanol–water partition coefficient (Wildman–Crippen LogP) is 4.36. The van der Waals surface area contributed by atoms with Gasteiger partial charge in [0.15, 0.2) is 5.96 Å². The first-order valence-electron chi connectivity index (χ1n) is 9.41. The van der Waals surface area contributed by atoms with Crippen molar-refractivity contribution in [2.45, 2.75) is 20.3 Å². The molecule has 158 valence electrons. The number of aromatic nitrogens is 1. The Morgan fingerprint density at radius 3 is 2.77 bits per heavy atom. The maximum absolute atomic E-state index is 12.8. The van der Waals surface area contributed by atoms with Crippen LogP contribution in [0.1, 0.15) is 29.5 Å². The summed E-state index contributed by atoms with van der Waals surface area (Å²) in [4.78, 5) is 17.0. The molecule has 1 aromatic heterocycles. The van der Waals surface area contributed by atoms with Gasteiger partial charge >= 0.3 is 0 Å². The van der Waals surface area contributed by atoms with Crippen LogP contribution in [-0.4, -0.2) is 30.2 Å². The summed E-state index contributed by atoms with van der Waals surface area (Å²) in [5.41, 5.74) is 7.34. The Labute approximate surface area is 184 Å². The van der Waals surface area contributed by atoms with Crippen molar-refractivity contribution >= 4 is 35.1 Å². The van der Waals surface area contributed by atoms with Gasteiger partial charge in [-0.3, -0.25) is 15.1 Å². The van der Waals surface area contributed by atoms with Gasteiger partial charge in [-0.05, 0) is 50.6 Å². The van der Waals surface area contributed by atoms with Gasteiger partial charge in [0.1, 0.15) is 22.8 Å². The average molecular weight is 449 g/mol. The van der Waals surface area contributed by atoms with Crippen molar-refractivity contribution in [3.05, 3.63) is 57.8 Å². The van der Waals surface area contributed by atoms with E-state index in [1.807, 2.05) is 37.3 Å². The normalized spacial score (nSPS) is 16.7. The molecule has 30 heavy (non-hydrogen) atoms. The highest BCUT2D eigenvalue weighted by Gasteiger charge is 2.22. The number of allylic oxidation sites excluding steroid dienone is 3. The van der Waals surface area contributed by atoms with E-state index in [0.717, 1.165) is 11.3 Å². The van der Waals surface area contributed by atoms with Crippen LogP contribution in [0, 0.1) is 12.8 Å². The third-order valence-corrected chi connectivity index (χ3v) is 4.91. The SMILES string of the molecule is CCOc1ccc(-c2noc(C)c2C(=O)NC(N)=NCC2C=C(Cl)C=C(Cl)C2)cc1. The van der Waals surface area contributed by atoms with Crippen LogP contribution >= 0.6 is 23.2 Å². The van der Waals surface area contributed by atoms with E-state index in [1.54, 1.807) is 13.0 Å². The first kappa shape index (κ1) is 21.9. The molecule has 1 unspecified atom stereocenters. The number of guanidine groups is 1. The summed E-state index contributed by atoms with van der Waals surface area (Å²) in [6.07, 6.45) is 4.18. The molecule has 0 fully saturated rings. The number of rotatable bonds is 6. The summed E-state index contributed by atoms with van der Waals surface area (Å²) in [6, 6.07) is 7.24. The third-order valence-electron chi connectivity index (χ3n) is 4.41. The fourth-order valence-corrected chi connectivity index (χ4v) is 3.74. The molecule has 1 heterocycles. The predicted molar refractivity (Wildman–Crippen MR) is 118 cm³/mol. The molecule has 0 bridgehead atoms. The van der Waals surface area contributed by atoms with Crippen LogP contribution in [0.15, 0.2) is 56.0 Å². The molecule has 1 amide bonds. The molecule has 0 radical (unpaired) electrons. The zero-order valence-electron chi connectivity index (χ0n) is 16.6. The number of carbonyl (C=O) groups is 1. The van der Waals surface area contributed by atoms with Crippen LogP contribution < -0.4 is 15.8 Å². The zero-order valence-corrected chi connectivity index (χ0v) is 18.1. The van der Waals surface area contributed by atoms with Gasteiger partial charge in [-0.1, -0.05) is 34.4 Å². The van der Waals surface area contributed by atoms with E-state index in [1.165, 1.54) is 0 Å². The van der Waals surface area contributed by atoms with Crippen molar-refractivity contribution in [2.24, 2.45) is 16.6 Å². The molecular weight excluding hydrogens is 427 g/mol. The van der Waals surface area contributed by atoms with E-state index in [-0.39, 0.29) is 11.9 Å². The van der Waals surface area contributed by atoms with Crippen LogP contribution in [0.2, 0.25) is 0 Å². The van der Waals surface area contributed by atoms with E-state index in [0.29, 0.717) is 46.7 Å². The van der Waals surface area contributed by atoms with Gasteiger partial charge in [0, 0.05) is 28.1 Å². The monoisotopic (exact) mass is 448 g/mol. The maximum atomic E-state index is 12.8. The summed E-state index contributed by atoms with van der Waals surface area (Å²) in [5.74, 6) is 0.670. The third kappa shape index (κ3) is 5.43. The number of aliphatic imine (C=N–C) groups is 1. The van der Waals surface area contributed by atoms with E-state index in [4.69, 9.17) is 38.2 Å². The number of ether oxygens (including phenoxy) is 1. The number of halogens is 2. The Morgan fingerprint density at radius 2 is 2.10 bits per heavy atom. The van der Waals surface area contributed by atoms with Crippen molar-refractivity contribution in [3.63, 3.8) is 0 Å². The Hall–Kier alpha value is -2.77. The van der Waals surface area contributed by atoms with Crippen molar-refractivity contribution < 1.29 is 14.1 Å². The van der Waals surface area contributed by atoms with E-state index in [9.17, 15) is 4.79 Å². The number of amides is 1. The lowest BCUT2D eigenvalue weighted by Crippen LogP contribution is -2.37. The van der Waals surface area contributed by atoms with Crippen molar-refractivity contribution in [3.8, 4) is 17.0 Å². The van der Waals surface area contributed by atoms with Crippen molar-refractivity contribution in [1.29, 1.82) is 0 Å². The first-order chi connectivity index (χ1) is 14.4. The molecule has 7 nitrogen and oxygen atoms in total. The molecule has 9 heteroatoms. The number of hydrogen-bond acceptors (Lipinski definition) is 5. The van der Waals surface area contributed by atoms with E-state index in [2.05, 4.69) is 15.5 Å². The molecule has 1 aliphatic rings. The van der Waals surface area contributed by atoms with Crippen LogP contribution in [0.4, 0.5) is 0 Å². The second kappa shape index (κ2) is 9.82. The van der Waals surface area contributed by atoms with Gasteiger partial charge in [0.2, 0.25) is 0 Å². The summed E-state index contributed by atoms with van der Waals surface area (Å²) in [5, 5.41) is 7.84. The average Bonchev–Trinajstić information content (AvgIpc) is 3.08. The summed E-state index contributed by atoms with van der Waals surface area (Å²) in [6.45, 7) is 4.49. The van der Waals surface area contributed by atoms with Gasteiger partial charge in [-0.15, -0.1) is 0 Å². The number of carbonyl (C=O) groups excluding carboxylic acids is 1. The number of hydrogen-bond donors (Lipinski definition) is 2. The highest BCUT2D eigenvalue weighted by Crippen LogP contribution is 2.28. The number of nitrogens with one attached hydrogen (secondary N) is 1. The molecule has 3 rings (SSSR count). The lowest BCUT2D eigenvalue weighted by Gasteiger charge is -2.14. The van der Waals surface area contributed by atoms with Gasteiger partial charge in [0.25, 0.3) is 5.91 Å². The second-order valence-corrected chi connectivity index (χ2v) is 7.63. The van der Waals surface area contributed by atoms with Gasteiger partial charge in [-0.2, -0.15) is 0 Å². The van der Waals surface area contributed by atoms with Crippen LogP contribution in [0.3, 0.4) is 0 Å². The highest BCUT2D eigenvalue weighted by atomic mass is 35.5. The molecular formula is C21H22Cl2N4O3. The quantitative estimate of drug-likeness (QED) is 0.504. The fourth-order valence-electron chi connectivity index (χ4n) is 3.05. The Bertz CT molecular complexity index is 1010. The molecule has 3 N–H and O–H groups in total. The van der Waals surface area contributed by atoms with Gasteiger partial charge in [0.05, 0.1) is 6.61 Å². The summed E-state index contributed by atoms with van der Waals surface area (Å²) < 4.78 is 10.7. The molecule has 0 saturated heterocycles. The Balaban J connectivity index is 1.71. The number of nitrogens with zero attached hydrogens (tertiary/aromatic N) is 2. The zero-order chi connectivity index (χ0) is 21.7. The Kier molecular flexibility index (Phi) is 7.18. The van der Waals surface area contributed by atoms with E-state index >= 15 is 0 Å².